The number of nitrogens with one attached hydrogen (secondary N) is 1. The molecule has 0 aromatic carbocycles. The first-order valence-corrected chi connectivity index (χ1v) is 8.72. The molecule has 0 radical (unpaired) electrons. The third-order valence-electron chi connectivity index (χ3n) is 3.11. The highest BCUT2D eigenvalue weighted by Crippen LogP contribution is 2.25. The van der Waals surface area contributed by atoms with E-state index in [1.54, 1.807) is 4.31 Å². The van der Waals surface area contributed by atoms with Gasteiger partial charge in [-0.25, -0.2) is 13.4 Å². The number of thioether (sulfide) groups is 1. The van der Waals surface area contributed by atoms with Crippen LogP contribution in [0.3, 0.4) is 0 Å². The third kappa shape index (κ3) is 2.73. The second-order valence-corrected chi connectivity index (χ2v) is 7.63. The van der Waals surface area contributed by atoms with Crippen molar-refractivity contribution in [3.8, 4) is 0 Å². The quantitative estimate of drug-likeness (QED) is 0.912. The van der Waals surface area contributed by atoms with Gasteiger partial charge in [-0.2, -0.15) is 16.1 Å². The van der Waals surface area contributed by atoms with Crippen LogP contribution >= 0.6 is 11.8 Å². The molecule has 1 fully saturated rings. The van der Waals surface area contributed by atoms with Crippen molar-refractivity contribution in [2.75, 3.05) is 18.8 Å². The molecule has 1 N–H and O–H groups in total. The van der Waals surface area contributed by atoms with Crippen molar-refractivity contribution in [1.82, 2.24) is 14.3 Å². The molecule has 0 spiro atoms. The summed E-state index contributed by atoms with van der Waals surface area (Å²) in [6, 6.07) is 0. The molecular weight excluding hydrogens is 270 g/mol. The highest BCUT2D eigenvalue weighted by atomic mass is 32.2. The average molecular weight is 289 g/mol. The van der Waals surface area contributed by atoms with Crippen LogP contribution in [0.15, 0.2) is 11.2 Å². The van der Waals surface area contributed by atoms with Crippen LogP contribution < -0.4 is 0 Å². The molecule has 0 saturated carbocycles. The number of aromatic nitrogens is 2. The van der Waals surface area contributed by atoms with Crippen molar-refractivity contribution in [3.63, 3.8) is 0 Å². The molecule has 1 aromatic heterocycles. The smallest absolute Gasteiger partial charge is 0.260 e. The average Bonchev–Trinajstić information content (AvgIpc) is 2.88. The van der Waals surface area contributed by atoms with E-state index in [-0.39, 0.29) is 5.03 Å². The van der Waals surface area contributed by atoms with Crippen molar-refractivity contribution in [2.45, 2.75) is 37.0 Å². The molecule has 1 unspecified atom stereocenters. The minimum atomic E-state index is -3.39. The Kier molecular flexibility index (Phi) is 4.34. The maximum Gasteiger partial charge on any atom is 0.260 e. The molecule has 7 heteroatoms. The van der Waals surface area contributed by atoms with Gasteiger partial charge in [0, 0.05) is 30.5 Å². The molecule has 0 aliphatic carbocycles. The van der Waals surface area contributed by atoms with E-state index >= 15 is 0 Å². The third-order valence-corrected chi connectivity index (χ3v) is 6.26. The molecule has 102 valence electrons. The van der Waals surface area contributed by atoms with Gasteiger partial charge in [-0.05, 0) is 6.42 Å². The van der Waals surface area contributed by atoms with Crippen LogP contribution in [0.5, 0.6) is 0 Å². The van der Waals surface area contributed by atoms with Gasteiger partial charge in [0.2, 0.25) is 0 Å². The van der Waals surface area contributed by atoms with Gasteiger partial charge in [0.25, 0.3) is 10.0 Å². The van der Waals surface area contributed by atoms with Crippen LogP contribution in [-0.4, -0.2) is 46.8 Å². The lowest BCUT2D eigenvalue weighted by molar-refractivity contribution is 0.414. The highest BCUT2D eigenvalue weighted by molar-refractivity contribution is 8.00. The van der Waals surface area contributed by atoms with Crippen LogP contribution in [0.1, 0.15) is 26.1 Å². The summed E-state index contributed by atoms with van der Waals surface area (Å²) in [5.41, 5.74) is 0. The lowest BCUT2D eigenvalue weighted by atomic mass is 10.3. The van der Waals surface area contributed by atoms with Crippen molar-refractivity contribution in [1.29, 1.82) is 0 Å². The SMILES string of the molecule is CCc1ncc(S(=O)(=O)N2CCSC(CC)C2)[nH]1. The molecule has 1 saturated heterocycles. The Bertz CT molecular complexity index is 498. The lowest BCUT2D eigenvalue weighted by Gasteiger charge is -2.30. The van der Waals surface area contributed by atoms with E-state index in [1.165, 1.54) is 6.20 Å². The summed E-state index contributed by atoms with van der Waals surface area (Å²) < 4.78 is 26.4. The first kappa shape index (κ1) is 13.9. The first-order chi connectivity index (χ1) is 8.57. The van der Waals surface area contributed by atoms with Gasteiger partial charge in [-0.1, -0.05) is 13.8 Å². The van der Waals surface area contributed by atoms with Gasteiger partial charge < -0.3 is 4.98 Å². The van der Waals surface area contributed by atoms with Crippen molar-refractivity contribution < 1.29 is 8.42 Å². The summed E-state index contributed by atoms with van der Waals surface area (Å²) in [7, 11) is -3.39. The maximum absolute atomic E-state index is 12.4. The number of aromatic amines is 1. The Morgan fingerprint density at radius 3 is 2.94 bits per heavy atom. The fourth-order valence-electron chi connectivity index (χ4n) is 1.95. The zero-order valence-corrected chi connectivity index (χ0v) is 12.4. The van der Waals surface area contributed by atoms with E-state index < -0.39 is 10.0 Å². The number of sulfonamides is 1. The Balaban J connectivity index is 2.19. The Hall–Kier alpha value is -0.530. The molecular formula is C11H19N3O2S2. The van der Waals surface area contributed by atoms with Crippen LogP contribution in [0.2, 0.25) is 0 Å². The molecule has 0 bridgehead atoms. The molecule has 2 rings (SSSR count). The molecule has 1 aliphatic heterocycles. The maximum atomic E-state index is 12.4. The number of rotatable bonds is 4. The largest absolute Gasteiger partial charge is 0.332 e. The predicted molar refractivity (Wildman–Crippen MR) is 73.3 cm³/mol. The minimum absolute atomic E-state index is 0.223. The molecule has 1 atom stereocenters. The number of hydrogen-bond acceptors (Lipinski definition) is 4. The summed E-state index contributed by atoms with van der Waals surface area (Å²) in [5, 5.41) is 0.628. The summed E-state index contributed by atoms with van der Waals surface area (Å²) in [5.74, 6) is 1.58. The summed E-state index contributed by atoms with van der Waals surface area (Å²) >= 11 is 1.86. The Morgan fingerprint density at radius 1 is 1.56 bits per heavy atom. The second kappa shape index (κ2) is 5.63. The van der Waals surface area contributed by atoms with E-state index in [0.717, 1.165) is 12.2 Å². The van der Waals surface area contributed by atoms with Crippen LogP contribution in [0.4, 0.5) is 0 Å². The number of aryl methyl sites for hydroxylation is 1. The van der Waals surface area contributed by atoms with E-state index in [4.69, 9.17) is 0 Å². The van der Waals surface area contributed by atoms with Crippen molar-refractivity contribution in [3.05, 3.63) is 12.0 Å². The Labute approximate surface area is 112 Å². The molecule has 18 heavy (non-hydrogen) atoms. The summed E-state index contributed by atoms with van der Waals surface area (Å²) in [6.45, 7) is 5.23. The van der Waals surface area contributed by atoms with Crippen molar-refractivity contribution in [2.24, 2.45) is 0 Å². The van der Waals surface area contributed by atoms with Crippen LogP contribution in [-0.2, 0) is 16.4 Å². The lowest BCUT2D eigenvalue weighted by Crippen LogP contribution is -2.41. The Morgan fingerprint density at radius 2 is 2.33 bits per heavy atom. The van der Waals surface area contributed by atoms with Gasteiger partial charge in [0.05, 0.1) is 6.20 Å². The topological polar surface area (TPSA) is 66.1 Å². The number of imidazole rings is 1. The summed E-state index contributed by atoms with van der Waals surface area (Å²) in [4.78, 5) is 6.95. The number of H-pyrrole nitrogens is 1. The molecule has 1 aromatic rings. The van der Waals surface area contributed by atoms with E-state index in [2.05, 4.69) is 16.9 Å². The standard InChI is InChI=1S/C11H19N3O2S2/c1-3-9-8-14(5-6-17-9)18(15,16)11-7-12-10(4-2)13-11/h7,9H,3-6,8H2,1-2H3,(H,12,13). The summed E-state index contributed by atoms with van der Waals surface area (Å²) in [6.07, 6.45) is 3.14. The number of nitrogens with zero attached hydrogens (tertiary/aromatic N) is 2. The van der Waals surface area contributed by atoms with E-state index in [9.17, 15) is 8.42 Å². The minimum Gasteiger partial charge on any atom is -0.332 e. The van der Waals surface area contributed by atoms with Gasteiger partial charge in [0.1, 0.15) is 5.82 Å². The molecule has 5 nitrogen and oxygen atoms in total. The molecule has 2 heterocycles. The van der Waals surface area contributed by atoms with Crippen LogP contribution in [0.25, 0.3) is 0 Å². The van der Waals surface area contributed by atoms with E-state index in [0.29, 0.717) is 30.6 Å². The zero-order chi connectivity index (χ0) is 13.2. The second-order valence-electron chi connectivity index (χ2n) is 4.31. The number of hydrogen-bond donors (Lipinski definition) is 1. The van der Waals surface area contributed by atoms with Gasteiger partial charge in [-0.3, -0.25) is 0 Å². The van der Waals surface area contributed by atoms with Gasteiger partial charge in [-0.15, -0.1) is 0 Å². The predicted octanol–water partition coefficient (Wildman–Crippen LogP) is 1.49. The van der Waals surface area contributed by atoms with Crippen LogP contribution in [0, 0.1) is 0 Å². The molecule has 0 amide bonds. The fraction of sp³-hybridized carbons (Fsp3) is 0.727. The van der Waals surface area contributed by atoms with E-state index in [1.807, 2.05) is 18.7 Å². The highest BCUT2D eigenvalue weighted by Gasteiger charge is 2.31. The van der Waals surface area contributed by atoms with Gasteiger partial charge in [0.15, 0.2) is 5.03 Å². The zero-order valence-electron chi connectivity index (χ0n) is 10.7. The normalized spacial score (nSPS) is 22.2. The fourth-order valence-corrected chi connectivity index (χ4v) is 4.76. The van der Waals surface area contributed by atoms with Gasteiger partial charge >= 0.3 is 0 Å². The monoisotopic (exact) mass is 289 g/mol. The first-order valence-electron chi connectivity index (χ1n) is 6.23. The van der Waals surface area contributed by atoms with Crippen molar-refractivity contribution >= 4 is 21.8 Å². The molecule has 1 aliphatic rings.